The number of para-hydroxylation sites is 2. The van der Waals surface area contributed by atoms with Crippen molar-refractivity contribution in [1.82, 2.24) is 4.90 Å². The maximum absolute atomic E-state index is 10.9. The molecule has 0 bridgehead atoms. The first-order valence-electron chi connectivity index (χ1n) is 6.57. The third-order valence-corrected chi connectivity index (χ3v) is 3.25. The van der Waals surface area contributed by atoms with Crippen molar-refractivity contribution < 1.29 is 9.53 Å². The largest absolute Gasteiger partial charge is 0.485 e. The van der Waals surface area contributed by atoms with Gasteiger partial charge in [-0.25, -0.2) is 0 Å². The van der Waals surface area contributed by atoms with Crippen LogP contribution in [0.25, 0.3) is 0 Å². The number of nitrogens with zero attached hydrogens (tertiary/aromatic N) is 2. The minimum atomic E-state index is -0.314. The van der Waals surface area contributed by atoms with E-state index in [9.17, 15) is 4.79 Å². The summed E-state index contributed by atoms with van der Waals surface area (Å²) < 4.78 is 5.98. The first-order chi connectivity index (χ1) is 9.10. The van der Waals surface area contributed by atoms with Gasteiger partial charge in [0, 0.05) is 13.1 Å². The number of nitrogens with two attached hydrogens (primary N) is 1. The van der Waals surface area contributed by atoms with Crippen LogP contribution in [-0.2, 0) is 4.79 Å². The van der Waals surface area contributed by atoms with Crippen molar-refractivity contribution in [3.8, 4) is 5.75 Å². The number of primary amides is 1. The van der Waals surface area contributed by atoms with E-state index in [1.807, 2.05) is 30.1 Å². The second-order valence-electron chi connectivity index (χ2n) is 4.91. The van der Waals surface area contributed by atoms with Gasteiger partial charge in [0.25, 0.3) is 0 Å². The van der Waals surface area contributed by atoms with Crippen LogP contribution in [-0.4, -0.2) is 50.1 Å². The Kier molecular flexibility index (Phi) is 4.27. The van der Waals surface area contributed by atoms with Gasteiger partial charge in [-0.2, -0.15) is 0 Å². The van der Waals surface area contributed by atoms with Gasteiger partial charge in [-0.15, -0.1) is 0 Å². The van der Waals surface area contributed by atoms with Crippen molar-refractivity contribution in [1.29, 1.82) is 0 Å². The molecule has 1 aromatic carbocycles. The Bertz CT molecular complexity index is 450. The quantitative estimate of drug-likeness (QED) is 0.849. The number of anilines is 1. The summed E-state index contributed by atoms with van der Waals surface area (Å²) in [4.78, 5) is 15.1. The van der Waals surface area contributed by atoms with E-state index in [2.05, 4.69) is 17.9 Å². The molecule has 1 aromatic rings. The van der Waals surface area contributed by atoms with Crippen LogP contribution in [0.1, 0.15) is 6.92 Å². The fraction of sp³-hybridized carbons (Fsp3) is 0.500. The number of amides is 1. The van der Waals surface area contributed by atoms with E-state index in [1.54, 1.807) is 0 Å². The Morgan fingerprint density at radius 1 is 1.53 bits per heavy atom. The molecule has 0 fully saturated rings. The first-order valence-corrected chi connectivity index (χ1v) is 6.57. The van der Waals surface area contributed by atoms with Crippen LogP contribution < -0.4 is 15.4 Å². The molecule has 1 amide bonds. The number of rotatable bonds is 5. The van der Waals surface area contributed by atoms with E-state index in [4.69, 9.17) is 10.5 Å². The van der Waals surface area contributed by atoms with Crippen LogP contribution >= 0.6 is 0 Å². The molecular formula is C14H21N3O2. The van der Waals surface area contributed by atoms with Gasteiger partial charge >= 0.3 is 0 Å². The lowest BCUT2D eigenvalue weighted by atomic mass is 10.2. The summed E-state index contributed by atoms with van der Waals surface area (Å²) in [5, 5.41) is 0. The summed E-state index contributed by atoms with van der Waals surface area (Å²) >= 11 is 0. The number of fused-ring (bicyclic) bond motifs is 1. The number of benzene rings is 1. The van der Waals surface area contributed by atoms with Gasteiger partial charge in [0.05, 0.1) is 18.8 Å². The zero-order valence-corrected chi connectivity index (χ0v) is 11.5. The molecule has 1 unspecified atom stereocenters. The van der Waals surface area contributed by atoms with Gasteiger partial charge in [0.1, 0.15) is 11.9 Å². The molecule has 1 aliphatic heterocycles. The molecule has 0 aliphatic carbocycles. The monoisotopic (exact) mass is 263 g/mol. The fourth-order valence-electron chi connectivity index (χ4n) is 2.45. The molecule has 2 N–H and O–H groups in total. The Hall–Kier alpha value is -1.75. The molecule has 1 atom stereocenters. The first kappa shape index (κ1) is 13.7. The van der Waals surface area contributed by atoms with E-state index in [1.165, 1.54) is 0 Å². The Balaban J connectivity index is 2.04. The number of hydrogen-bond donors (Lipinski definition) is 1. The summed E-state index contributed by atoms with van der Waals surface area (Å²) in [5.41, 5.74) is 6.33. The zero-order chi connectivity index (χ0) is 13.8. The number of hydrogen-bond acceptors (Lipinski definition) is 4. The van der Waals surface area contributed by atoms with Crippen LogP contribution in [0.15, 0.2) is 24.3 Å². The number of ether oxygens (including phenoxy) is 1. The lowest BCUT2D eigenvalue weighted by molar-refractivity contribution is -0.119. The third kappa shape index (κ3) is 3.38. The van der Waals surface area contributed by atoms with E-state index >= 15 is 0 Å². The topological polar surface area (TPSA) is 58.8 Å². The average molecular weight is 263 g/mol. The normalized spacial score (nSPS) is 18.1. The predicted octanol–water partition coefficient (Wildman–Crippen LogP) is 0.691. The molecule has 104 valence electrons. The minimum Gasteiger partial charge on any atom is -0.485 e. The highest BCUT2D eigenvalue weighted by Gasteiger charge is 2.25. The standard InChI is InChI=1S/C14H21N3O2/c1-3-17-9-11(8-16(2)10-14(15)18)19-13-7-5-4-6-12(13)17/h4-7,11H,3,8-10H2,1-2H3,(H2,15,18). The van der Waals surface area contributed by atoms with E-state index in [0.717, 1.165) is 24.5 Å². The summed E-state index contributed by atoms with van der Waals surface area (Å²) in [6, 6.07) is 8.05. The molecule has 0 saturated carbocycles. The average Bonchev–Trinajstić information content (AvgIpc) is 2.36. The molecule has 5 nitrogen and oxygen atoms in total. The van der Waals surface area contributed by atoms with Crippen LogP contribution in [0.4, 0.5) is 5.69 Å². The van der Waals surface area contributed by atoms with Crippen molar-refractivity contribution >= 4 is 11.6 Å². The summed E-state index contributed by atoms with van der Waals surface area (Å²) in [6.45, 7) is 4.85. The van der Waals surface area contributed by atoms with Crippen molar-refractivity contribution in [2.24, 2.45) is 5.73 Å². The van der Waals surface area contributed by atoms with Gasteiger partial charge in [0.15, 0.2) is 0 Å². The number of carbonyl (C=O) groups excluding carboxylic acids is 1. The predicted molar refractivity (Wildman–Crippen MR) is 75.4 cm³/mol. The maximum Gasteiger partial charge on any atom is 0.231 e. The molecular weight excluding hydrogens is 242 g/mol. The highest BCUT2D eigenvalue weighted by Crippen LogP contribution is 2.32. The molecule has 0 spiro atoms. The van der Waals surface area contributed by atoms with Crippen molar-refractivity contribution in [3.05, 3.63) is 24.3 Å². The van der Waals surface area contributed by atoms with Gasteiger partial charge in [-0.1, -0.05) is 12.1 Å². The highest BCUT2D eigenvalue weighted by atomic mass is 16.5. The molecule has 0 aromatic heterocycles. The number of carbonyl (C=O) groups is 1. The minimum absolute atomic E-state index is 0.0548. The van der Waals surface area contributed by atoms with Crippen LogP contribution in [0, 0.1) is 0 Å². The fourth-order valence-corrected chi connectivity index (χ4v) is 2.45. The molecule has 1 heterocycles. The smallest absolute Gasteiger partial charge is 0.231 e. The molecule has 0 saturated heterocycles. The lowest BCUT2D eigenvalue weighted by Gasteiger charge is -2.37. The van der Waals surface area contributed by atoms with Crippen molar-refractivity contribution in [2.75, 3.05) is 38.1 Å². The second kappa shape index (κ2) is 5.93. The zero-order valence-electron chi connectivity index (χ0n) is 11.5. The van der Waals surface area contributed by atoms with Gasteiger partial charge in [-0.3, -0.25) is 9.69 Å². The molecule has 0 radical (unpaired) electrons. The van der Waals surface area contributed by atoms with Crippen molar-refractivity contribution in [2.45, 2.75) is 13.0 Å². The van der Waals surface area contributed by atoms with E-state index in [0.29, 0.717) is 6.54 Å². The van der Waals surface area contributed by atoms with Gasteiger partial charge < -0.3 is 15.4 Å². The van der Waals surface area contributed by atoms with Crippen molar-refractivity contribution in [3.63, 3.8) is 0 Å². The Labute approximate surface area is 113 Å². The van der Waals surface area contributed by atoms with E-state index in [-0.39, 0.29) is 18.6 Å². The second-order valence-corrected chi connectivity index (χ2v) is 4.91. The maximum atomic E-state index is 10.9. The highest BCUT2D eigenvalue weighted by molar-refractivity contribution is 5.75. The Morgan fingerprint density at radius 3 is 2.95 bits per heavy atom. The summed E-state index contributed by atoms with van der Waals surface area (Å²) in [5.74, 6) is 0.596. The summed E-state index contributed by atoms with van der Waals surface area (Å²) in [6.07, 6.45) is 0.0548. The van der Waals surface area contributed by atoms with E-state index < -0.39 is 0 Å². The number of likely N-dealkylation sites (N-methyl/N-ethyl adjacent to an activating group) is 2. The summed E-state index contributed by atoms with van der Waals surface area (Å²) in [7, 11) is 1.88. The van der Waals surface area contributed by atoms with Crippen LogP contribution in [0.2, 0.25) is 0 Å². The van der Waals surface area contributed by atoms with Crippen LogP contribution in [0.5, 0.6) is 5.75 Å². The van der Waals surface area contributed by atoms with Gasteiger partial charge in [0.2, 0.25) is 5.91 Å². The molecule has 1 aliphatic rings. The van der Waals surface area contributed by atoms with Gasteiger partial charge in [-0.05, 0) is 26.1 Å². The van der Waals surface area contributed by atoms with Crippen LogP contribution in [0.3, 0.4) is 0 Å². The SMILES string of the molecule is CCN1CC(CN(C)CC(N)=O)Oc2ccccc21. The lowest BCUT2D eigenvalue weighted by Crippen LogP contribution is -2.46. The molecule has 19 heavy (non-hydrogen) atoms. The third-order valence-electron chi connectivity index (χ3n) is 3.25. The molecule has 2 rings (SSSR count). The molecule has 5 heteroatoms. The Morgan fingerprint density at radius 2 is 2.26 bits per heavy atom.